The van der Waals surface area contributed by atoms with Crippen LogP contribution in [0.1, 0.15) is 40.0 Å². The summed E-state index contributed by atoms with van der Waals surface area (Å²) >= 11 is 0. The molecule has 0 spiro atoms. The van der Waals surface area contributed by atoms with Gasteiger partial charge < -0.3 is 15.5 Å². The highest BCUT2D eigenvalue weighted by molar-refractivity contribution is 5.86. The lowest BCUT2D eigenvalue weighted by Crippen LogP contribution is -2.18. The number of carboxylic acids is 2. The molecule has 0 unspecified atom stereocenters. The van der Waals surface area contributed by atoms with E-state index in [1.807, 2.05) is 6.92 Å². The van der Waals surface area contributed by atoms with Gasteiger partial charge in [-0.15, -0.1) is 0 Å². The number of hydrogen-bond acceptors (Lipinski definition) is 3. The summed E-state index contributed by atoms with van der Waals surface area (Å²) in [5.74, 6) is -1.81. The number of unbranched alkanes of at least 4 members (excludes halogenated alkanes) is 1. The standard InChI is InChI=1S/C10H19NO2.C3H4O2/c1-4-6-7-11-9(5-2)8(3)10(12)13;1-2-3(4)5/h11H,4-7H2,1-3H3,(H,12,13);2H,1H2,(H,4,5)/b9-8+;. The van der Waals surface area contributed by atoms with Crippen molar-refractivity contribution in [1.29, 1.82) is 0 Å². The van der Waals surface area contributed by atoms with Crippen molar-refractivity contribution in [1.82, 2.24) is 5.32 Å². The molecule has 18 heavy (non-hydrogen) atoms. The van der Waals surface area contributed by atoms with E-state index in [9.17, 15) is 9.59 Å². The Labute approximate surface area is 108 Å². The number of carboxylic acid groups (broad SMARTS) is 2. The van der Waals surface area contributed by atoms with Gasteiger partial charge in [-0.1, -0.05) is 26.8 Å². The highest BCUT2D eigenvalue weighted by Crippen LogP contribution is 2.05. The topological polar surface area (TPSA) is 86.6 Å². The summed E-state index contributed by atoms with van der Waals surface area (Å²) in [6.45, 7) is 9.54. The SMILES string of the molecule is C=CC(=O)O.CCCCN/C(CC)=C(\C)C(=O)O. The summed E-state index contributed by atoms with van der Waals surface area (Å²) in [5.41, 5.74) is 1.28. The second kappa shape index (κ2) is 11.7. The smallest absolute Gasteiger partial charge is 0.333 e. The van der Waals surface area contributed by atoms with Crippen molar-refractivity contribution < 1.29 is 19.8 Å². The molecular weight excluding hydrogens is 234 g/mol. The first-order valence-electron chi connectivity index (χ1n) is 5.92. The van der Waals surface area contributed by atoms with Crippen LogP contribution in [0.4, 0.5) is 0 Å². The number of rotatable bonds is 7. The molecular formula is C13H23NO4. The van der Waals surface area contributed by atoms with Gasteiger partial charge in [0.2, 0.25) is 0 Å². The third kappa shape index (κ3) is 10.7. The van der Waals surface area contributed by atoms with Gasteiger partial charge in [0.25, 0.3) is 0 Å². The fraction of sp³-hybridized carbons (Fsp3) is 0.538. The minimum atomic E-state index is -0.981. The van der Waals surface area contributed by atoms with E-state index in [1.54, 1.807) is 6.92 Å². The first-order chi connectivity index (χ1) is 8.40. The van der Waals surface area contributed by atoms with E-state index in [-0.39, 0.29) is 0 Å². The van der Waals surface area contributed by atoms with Crippen molar-refractivity contribution in [2.75, 3.05) is 6.54 Å². The van der Waals surface area contributed by atoms with Crippen LogP contribution in [0.5, 0.6) is 0 Å². The van der Waals surface area contributed by atoms with E-state index in [0.29, 0.717) is 5.57 Å². The predicted octanol–water partition coefficient (Wildman–Crippen LogP) is 2.40. The maximum atomic E-state index is 10.6. The summed E-state index contributed by atoms with van der Waals surface area (Å²) in [7, 11) is 0. The van der Waals surface area contributed by atoms with Crippen LogP contribution < -0.4 is 5.32 Å². The highest BCUT2D eigenvalue weighted by atomic mass is 16.4. The summed E-state index contributed by atoms with van der Waals surface area (Å²) < 4.78 is 0. The van der Waals surface area contributed by atoms with Crippen LogP contribution in [-0.2, 0) is 9.59 Å². The molecule has 0 aromatic rings. The summed E-state index contributed by atoms with van der Waals surface area (Å²) in [6.07, 6.45) is 3.79. The fourth-order valence-electron chi connectivity index (χ4n) is 1.07. The molecule has 0 amide bonds. The molecule has 0 aliphatic carbocycles. The lowest BCUT2D eigenvalue weighted by Gasteiger charge is -2.10. The largest absolute Gasteiger partial charge is 0.478 e. The van der Waals surface area contributed by atoms with Gasteiger partial charge in [0.05, 0.1) is 5.57 Å². The van der Waals surface area contributed by atoms with E-state index in [4.69, 9.17) is 10.2 Å². The van der Waals surface area contributed by atoms with Crippen LogP contribution in [0.25, 0.3) is 0 Å². The molecule has 5 nitrogen and oxygen atoms in total. The summed E-state index contributed by atoms with van der Waals surface area (Å²) in [4.78, 5) is 19.9. The third-order valence-corrected chi connectivity index (χ3v) is 2.17. The monoisotopic (exact) mass is 257 g/mol. The zero-order valence-corrected chi connectivity index (χ0v) is 11.3. The average molecular weight is 257 g/mol. The minimum Gasteiger partial charge on any atom is -0.478 e. The normalized spacial score (nSPS) is 10.6. The first kappa shape index (κ1) is 18.6. The molecule has 0 saturated heterocycles. The summed E-state index contributed by atoms with van der Waals surface area (Å²) in [5, 5.41) is 19.5. The molecule has 0 aromatic heterocycles. The molecule has 0 atom stereocenters. The molecule has 104 valence electrons. The fourth-order valence-corrected chi connectivity index (χ4v) is 1.07. The van der Waals surface area contributed by atoms with Crippen molar-refractivity contribution in [2.24, 2.45) is 0 Å². The molecule has 0 heterocycles. The molecule has 0 aliphatic rings. The van der Waals surface area contributed by atoms with Crippen molar-refractivity contribution in [3.63, 3.8) is 0 Å². The van der Waals surface area contributed by atoms with Crippen molar-refractivity contribution >= 4 is 11.9 Å². The van der Waals surface area contributed by atoms with Crippen molar-refractivity contribution in [2.45, 2.75) is 40.0 Å². The second-order valence-corrected chi connectivity index (χ2v) is 3.58. The molecule has 3 N–H and O–H groups in total. The van der Waals surface area contributed by atoms with Gasteiger partial charge in [0.1, 0.15) is 0 Å². The van der Waals surface area contributed by atoms with Crippen LogP contribution in [-0.4, -0.2) is 28.7 Å². The van der Waals surface area contributed by atoms with Crippen LogP contribution in [0.3, 0.4) is 0 Å². The average Bonchev–Trinajstić information content (AvgIpc) is 2.34. The second-order valence-electron chi connectivity index (χ2n) is 3.58. The Kier molecular flexibility index (Phi) is 12.1. The number of allylic oxidation sites excluding steroid dienone is 1. The van der Waals surface area contributed by atoms with E-state index < -0.39 is 11.9 Å². The first-order valence-corrected chi connectivity index (χ1v) is 5.92. The molecule has 0 radical (unpaired) electrons. The Bertz CT molecular complexity index is 308. The molecule has 5 heteroatoms. The minimum absolute atomic E-state index is 0.429. The maximum Gasteiger partial charge on any atom is 0.333 e. The third-order valence-electron chi connectivity index (χ3n) is 2.17. The van der Waals surface area contributed by atoms with E-state index >= 15 is 0 Å². The molecule has 0 rings (SSSR count). The van der Waals surface area contributed by atoms with Crippen LogP contribution >= 0.6 is 0 Å². The van der Waals surface area contributed by atoms with E-state index in [0.717, 1.165) is 37.6 Å². The Hall–Kier alpha value is -1.78. The van der Waals surface area contributed by atoms with Gasteiger partial charge in [-0.3, -0.25) is 0 Å². The van der Waals surface area contributed by atoms with E-state index in [1.165, 1.54) is 0 Å². The maximum absolute atomic E-state index is 10.6. The molecule has 0 bridgehead atoms. The Balaban J connectivity index is 0. The van der Waals surface area contributed by atoms with Crippen LogP contribution in [0.15, 0.2) is 23.9 Å². The Morgan fingerprint density at radius 1 is 1.28 bits per heavy atom. The zero-order chi connectivity index (χ0) is 14.6. The van der Waals surface area contributed by atoms with Gasteiger partial charge >= 0.3 is 11.9 Å². The number of nitrogens with one attached hydrogen (secondary N) is 1. The number of aliphatic carboxylic acids is 2. The lowest BCUT2D eigenvalue weighted by molar-refractivity contribution is -0.133. The Morgan fingerprint density at radius 2 is 1.78 bits per heavy atom. The number of hydrogen-bond donors (Lipinski definition) is 3. The molecule has 0 aliphatic heterocycles. The lowest BCUT2D eigenvalue weighted by atomic mass is 10.2. The Morgan fingerprint density at radius 3 is 2.06 bits per heavy atom. The van der Waals surface area contributed by atoms with Gasteiger partial charge in [0, 0.05) is 18.3 Å². The molecule has 0 aromatic carbocycles. The highest BCUT2D eigenvalue weighted by Gasteiger charge is 2.06. The van der Waals surface area contributed by atoms with Crippen LogP contribution in [0.2, 0.25) is 0 Å². The predicted molar refractivity (Wildman–Crippen MR) is 71.4 cm³/mol. The van der Waals surface area contributed by atoms with Crippen LogP contribution in [0, 0.1) is 0 Å². The summed E-state index contributed by atoms with van der Waals surface area (Å²) in [6, 6.07) is 0. The molecule has 0 fully saturated rings. The van der Waals surface area contributed by atoms with Gasteiger partial charge in [-0.2, -0.15) is 0 Å². The zero-order valence-electron chi connectivity index (χ0n) is 11.3. The number of carbonyl (C=O) groups is 2. The quantitative estimate of drug-likeness (QED) is 0.481. The van der Waals surface area contributed by atoms with Gasteiger partial charge in [-0.05, 0) is 19.8 Å². The van der Waals surface area contributed by atoms with Gasteiger partial charge in [-0.25, -0.2) is 9.59 Å². The van der Waals surface area contributed by atoms with Gasteiger partial charge in [0.15, 0.2) is 0 Å². The molecule has 0 saturated carbocycles. The van der Waals surface area contributed by atoms with Crippen molar-refractivity contribution in [3.8, 4) is 0 Å². The van der Waals surface area contributed by atoms with E-state index in [2.05, 4.69) is 18.8 Å². The van der Waals surface area contributed by atoms with Crippen molar-refractivity contribution in [3.05, 3.63) is 23.9 Å².